The van der Waals surface area contributed by atoms with Crippen LogP contribution in [0.1, 0.15) is 0 Å². The second kappa shape index (κ2) is 2.44. The van der Waals surface area contributed by atoms with Gasteiger partial charge in [0.05, 0.1) is 12.5 Å². The summed E-state index contributed by atoms with van der Waals surface area (Å²) in [5.41, 5.74) is 0. The van der Waals surface area contributed by atoms with E-state index < -0.39 is 0 Å². The van der Waals surface area contributed by atoms with Gasteiger partial charge in [-0.3, -0.25) is 4.79 Å². The predicted molar refractivity (Wildman–Crippen MR) is 43.2 cm³/mol. The number of hydrogen-bond acceptors (Lipinski definition) is 2. The van der Waals surface area contributed by atoms with E-state index in [1.807, 2.05) is 12.1 Å². The van der Waals surface area contributed by atoms with Crippen LogP contribution in [0, 0.1) is 0 Å². The fourth-order valence-electron chi connectivity index (χ4n) is 1.15. The topological polar surface area (TPSA) is 38.7 Å². The molecule has 0 aromatic heterocycles. The van der Waals surface area contributed by atoms with Crippen LogP contribution >= 0.6 is 0 Å². The Balaban J connectivity index is 2.72. The van der Waals surface area contributed by atoms with Gasteiger partial charge >= 0.3 is 0 Å². The Morgan fingerprint density at radius 2 is 2.25 bits per heavy atom. The lowest BCUT2D eigenvalue weighted by molar-refractivity contribution is -0.112. The summed E-state index contributed by atoms with van der Waals surface area (Å²) in [6, 6.07) is 5.38. The van der Waals surface area contributed by atoms with Crippen molar-refractivity contribution in [2.75, 3.05) is 7.11 Å². The molecule has 0 N–H and O–H groups in total. The van der Waals surface area contributed by atoms with E-state index in [0.29, 0.717) is 5.36 Å². The van der Waals surface area contributed by atoms with Crippen LogP contribution < -0.4 is 15.3 Å². The third-order valence-corrected chi connectivity index (χ3v) is 1.75. The molecule has 0 atom stereocenters. The van der Waals surface area contributed by atoms with E-state index in [1.54, 1.807) is 13.2 Å². The number of nitrogens with zero attached hydrogens (tertiary/aromatic N) is 1. The maximum absolute atomic E-state index is 10.8. The Labute approximate surface area is 69.0 Å². The molecule has 12 heavy (non-hydrogen) atoms. The molecule has 1 aromatic carbocycles. The first-order valence-electron chi connectivity index (χ1n) is 3.58. The normalized spacial score (nSPS) is 13.2. The Kier molecular flexibility index (Phi) is 1.43. The summed E-state index contributed by atoms with van der Waals surface area (Å²) in [7, 11) is 1.59. The third kappa shape index (κ3) is 0.993. The zero-order valence-electron chi connectivity index (χ0n) is 6.57. The van der Waals surface area contributed by atoms with E-state index in [1.165, 1.54) is 6.08 Å². The molecule has 0 saturated carbocycles. The molecule has 0 fully saturated rings. The van der Waals surface area contributed by atoms with Crippen LogP contribution in [0.4, 0.5) is 0 Å². The van der Waals surface area contributed by atoms with Crippen molar-refractivity contribution in [3.63, 3.8) is 0 Å². The van der Waals surface area contributed by atoms with Gasteiger partial charge in [-0.05, 0) is 12.1 Å². The lowest BCUT2D eigenvalue weighted by Gasteiger charge is -1.95. The summed E-state index contributed by atoms with van der Waals surface area (Å²) in [6.45, 7) is 0. The van der Waals surface area contributed by atoms with Gasteiger partial charge in [0.2, 0.25) is 0 Å². The molecule has 1 heterocycles. The van der Waals surface area contributed by atoms with Gasteiger partial charge in [-0.1, -0.05) is 0 Å². The van der Waals surface area contributed by atoms with Crippen molar-refractivity contribution in [3.05, 3.63) is 28.8 Å². The number of ether oxygens (including phenoxy) is 1. The van der Waals surface area contributed by atoms with Gasteiger partial charge in [-0.2, -0.15) is 0 Å². The van der Waals surface area contributed by atoms with Crippen LogP contribution in [-0.2, 0) is 4.79 Å². The number of fused-ring (bicyclic) bond motifs is 1. The third-order valence-electron chi connectivity index (χ3n) is 1.75. The van der Waals surface area contributed by atoms with E-state index in [2.05, 4.69) is 4.99 Å². The largest absolute Gasteiger partial charge is 0.497 e. The van der Waals surface area contributed by atoms with Gasteiger partial charge < -0.3 is 4.74 Å². The number of methoxy groups -OCH3 is 1. The molecule has 2 rings (SSSR count). The Morgan fingerprint density at radius 3 is 3.00 bits per heavy atom. The molecule has 1 amide bonds. The molecular formula is C9H7NO2. The van der Waals surface area contributed by atoms with E-state index in [0.717, 1.165) is 11.0 Å². The van der Waals surface area contributed by atoms with Crippen molar-refractivity contribution < 1.29 is 9.53 Å². The summed E-state index contributed by atoms with van der Waals surface area (Å²) in [6.07, 6.45) is 1.51. The SMILES string of the molecule is COc1ccc2c(c1)=NC(=O)C=2. The molecule has 1 aromatic rings. The average molecular weight is 161 g/mol. The number of hydrogen-bond donors (Lipinski definition) is 0. The van der Waals surface area contributed by atoms with Crippen molar-refractivity contribution in [1.29, 1.82) is 0 Å². The summed E-state index contributed by atoms with van der Waals surface area (Å²) >= 11 is 0. The number of amides is 1. The maximum Gasteiger partial charge on any atom is 0.270 e. The van der Waals surface area contributed by atoms with E-state index in [-0.39, 0.29) is 5.91 Å². The van der Waals surface area contributed by atoms with Gasteiger partial charge in [0.15, 0.2) is 0 Å². The number of rotatable bonds is 1. The molecule has 60 valence electrons. The average Bonchev–Trinajstić information content (AvgIpc) is 2.43. The highest BCUT2D eigenvalue weighted by Gasteiger charge is 2.02. The smallest absolute Gasteiger partial charge is 0.270 e. The van der Waals surface area contributed by atoms with Crippen molar-refractivity contribution in [3.8, 4) is 5.75 Å². The lowest BCUT2D eigenvalue weighted by atomic mass is 10.3. The van der Waals surface area contributed by atoms with Gasteiger partial charge in [-0.15, -0.1) is 0 Å². The first kappa shape index (κ1) is 7.03. The van der Waals surface area contributed by atoms with Crippen molar-refractivity contribution in [1.82, 2.24) is 0 Å². The maximum atomic E-state index is 10.8. The molecular weight excluding hydrogens is 154 g/mol. The molecule has 3 nitrogen and oxygen atoms in total. The van der Waals surface area contributed by atoms with E-state index in [4.69, 9.17) is 4.74 Å². The molecule has 0 unspecified atom stereocenters. The number of carbonyl (C=O) groups is 1. The van der Waals surface area contributed by atoms with Crippen LogP contribution in [0.25, 0.3) is 6.08 Å². The molecule has 1 aliphatic rings. The van der Waals surface area contributed by atoms with Crippen LogP contribution in [0.15, 0.2) is 23.2 Å². The highest BCUT2D eigenvalue weighted by Crippen LogP contribution is 2.02. The minimum Gasteiger partial charge on any atom is -0.497 e. The first-order valence-corrected chi connectivity index (χ1v) is 3.58. The standard InChI is InChI=1S/C9H7NO2/c1-12-7-3-2-6-4-9(11)10-8(6)5-7/h2-5H,1H3. The fraction of sp³-hybridized carbons (Fsp3) is 0.111. The Bertz CT molecular complexity index is 448. The summed E-state index contributed by atoms with van der Waals surface area (Å²) < 4.78 is 4.99. The van der Waals surface area contributed by atoms with Crippen LogP contribution in [0.2, 0.25) is 0 Å². The first-order chi connectivity index (χ1) is 5.79. The highest BCUT2D eigenvalue weighted by atomic mass is 16.5. The molecule has 0 spiro atoms. The second-order valence-corrected chi connectivity index (χ2v) is 2.52. The van der Waals surface area contributed by atoms with Crippen molar-refractivity contribution in [2.24, 2.45) is 4.99 Å². The minimum absolute atomic E-state index is 0.196. The molecule has 1 aliphatic heterocycles. The predicted octanol–water partition coefficient (Wildman–Crippen LogP) is -0.365. The summed E-state index contributed by atoms with van der Waals surface area (Å²) in [4.78, 5) is 14.6. The molecule has 0 bridgehead atoms. The van der Waals surface area contributed by atoms with Gasteiger partial charge in [-0.25, -0.2) is 4.99 Å². The number of benzene rings is 1. The van der Waals surface area contributed by atoms with Crippen LogP contribution in [0.5, 0.6) is 5.75 Å². The highest BCUT2D eigenvalue weighted by molar-refractivity contribution is 6.06. The van der Waals surface area contributed by atoms with Crippen molar-refractivity contribution >= 4 is 12.0 Å². The van der Waals surface area contributed by atoms with E-state index >= 15 is 0 Å². The van der Waals surface area contributed by atoms with Gasteiger partial charge in [0.25, 0.3) is 5.91 Å². The van der Waals surface area contributed by atoms with Crippen molar-refractivity contribution in [2.45, 2.75) is 0 Å². The molecule has 0 radical (unpaired) electrons. The molecule has 0 aliphatic carbocycles. The quantitative estimate of drug-likeness (QED) is 0.564. The monoisotopic (exact) mass is 161 g/mol. The fourth-order valence-corrected chi connectivity index (χ4v) is 1.15. The second-order valence-electron chi connectivity index (χ2n) is 2.52. The van der Waals surface area contributed by atoms with Crippen LogP contribution in [0.3, 0.4) is 0 Å². The number of carbonyl (C=O) groups excluding carboxylic acids is 1. The lowest BCUT2D eigenvalue weighted by Crippen LogP contribution is -2.20. The molecule has 0 saturated heterocycles. The zero-order chi connectivity index (χ0) is 8.55. The van der Waals surface area contributed by atoms with Gasteiger partial charge in [0.1, 0.15) is 5.75 Å². The Morgan fingerprint density at radius 1 is 1.42 bits per heavy atom. The van der Waals surface area contributed by atoms with Gasteiger partial charge in [0, 0.05) is 17.4 Å². The van der Waals surface area contributed by atoms with Crippen LogP contribution in [-0.4, -0.2) is 13.0 Å². The summed E-state index contributed by atoms with van der Waals surface area (Å²) in [5, 5.41) is 1.56. The Hall–Kier alpha value is -1.64. The zero-order valence-corrected chi connectivity index (χ0v) is 6.57. The minimum atomic E-state index is -0.196. The van der Waals surface area contributed by atoms with E-state index in [9.17, 15) is 4.79 Å². The summed E-state index contributed by atoms with van der Waals surface area (Å²) in [5.74, 6) is 0.527. The molecule has 3 heteroatoms.